The molecule has 1 atom stereocenters. The zero-order chi connectivity index (χ0) is 11.7. The molecule has 0 aliphatic heterocycles. The lowest BCUT2D eigenvalue weighted by atomic mass is 9.99. The summed E-state index contributed by atoms with van der Waals surface area (Å²) in [5, 5.41) is 0. The maximum Gasteiger partial charge on any atom is 0.127 e. The second kappa shape index (κ2) is 4.34. The van der Waals surface area contributed by atoms with Gasteiger partial charge in [0.1, 0.15) is 11.5 Å². The molecule has 2 N–H and O–H groups in total. The van der Waals surface area contributed by atoms with E-state index in [1.807, 2.05) is 13.0 Å². The molecule has 0 bridgehead atoms. The maximum absolute atomic E-state index is 5.97. The van der Waals surface area contributed by atoms with Crippen molar-refractivity contribution in [3.63, 3.8) is 0 Å². The standard InChI is InChI=1S/C13H19NO2/c1-8(14)11-7-12(15-2)9-5-4-6-10(9)13(11)16-3/h7-8H,4-6,14H2,1-3H3. The molecular formula is C13H19NO2. The monoisotopic (exact) mass is 221 g/mol. The van der Waals surface area contributed by atoms with Crippen molar-refractivity contribution in [2.75, 3.05) is 14.2 Å². The quantitative estimate of drug-likeness (QED) is 0.851. The molecule has 0 spiro atoms. The van der Waals surface area contributed by atoms with Crippen molar-refractivity contribution in [1.82, 2.24) is 0 Å². The normalized spacial score (nSPS) is 15.8. The molecule has 1 aromatic carbocycles. The molecule has 3 heteroatoms. The van der Waals surface area contributed by atoms with Gasteiger partial charge < -0.3 is 15.2 Å². The molecule has 88 valence electrons. The van der Waals surface area contributed by atoms with Gasteiger partial charge in [-0.05, 0) is 32.3 Å². The van der Waals surface area contributed by atoms with Gasteiger partial charge in [0, 0.05) is 22.7 Å². The Morgan fingerprint density at radius 3 is 2.44 bits per heavy atom. The number of nitrogens with two attached hydrogens (primary N) is 1. The van der Waals surface area contributed by atoms with E-state index in [0.717, 1.165) is 29.9 Å². The van der Waals surface area contributed by atoms with Crippen LogP contribution in [0.5, 0.6) is 11.5 Å². The summed E-state index contributed by atoms with van der Waals surface area (Å²) in [6, 6.07) is 1.99. The molecule has 1 aromatic rings. The van der Waals surface area contributed by atoms with Crippen molar-refractivity contribution in [2.45, 2.75) is 32.2 Å². The Kier molecular flexibility index (Phi) is 3.06. The highest BCUT2D eigenvalue weighted by atomic mass is 16.5. The van der Waals surface area contributed by atoms with E-state index < -0.39 is 0 Å². The third-order valence-electron chi connectivity index (χ3n) is 3.25. The van der Waals surface area contributed by atoms with E-state index in [-0.39, 0.29) is 6.04 Å². The topological polar surface area (TPSA) is 44.5 Å². The van der Waals surface area contributed by atoms with E-state index in [0.29, 0.717) is 0 Å². The number of methoxy groups -OCH3 is 2. The van der Waals surface area contributed by atoms with Crippen LogP contribution in [0.15, 0.2) is 6.07 Å². The first-order chi connectivity index (χ1) is 7.69. The molecule has 1 aliphatic rings. The van der Waals surface area contributed by atoms with Gasteiger partial charge in [-0.25, -0.2) is 0 Å². The summed E-state index contributed by atoms with van der Waals surface area (Å²) in [4.78, 5) is 0. The third-order valence-corrected chi connectivity index (χ3v) is 3.25. The maximum atomic E-state index is 5.97. The van der Waals surface area contributed by atoms with Gasteiger partial charge in [-0.1, -0.05) is 0 Å². The Morgan fingerprint density at radius 1 is 1.19 bits per heavy atom. The molecule has 0 fully saturated rings. The summed E-state index contributed by atoms with van der Waals surface area (Å²) in [7, 11) is 3.43. The molecule has 16 heavy (non-hydrogen) atoms. The molecule has 1 aliphatic carbocycles. The largest absolute Gasteiger partial charge is 0.496 e. The van der Waals surface area contributed by atoms with Gasteiger partial charge in [0.2, 0.25) is 0 Å². The SMILES string of the molecule is COc1cc(C(C)N)c(OC)c2c1CCC2. The van der Waals surface area contributed by atoms with Crippen LogP contribution in [0.3, 0.4) is 0 Å². The van der Waals surface area contributed by atoms with Crippen molar-refractivity contribution in [3.8, 4) is 11.5 Å². The van der Waals surface area contributed by atoms with Crippen molar-refractivity contribution < 1.29 is 9.47 Å². The molecular weight excluding hydrogens is 202 g/mol. The van der Waals surface area contributed by atoms with E-state index in [1.165, 1.54) is 17.5 Å². The molecule has 0 amide bonds. The van der Waals surface area contributed by atoms with Crippen LogP contribution < -0.4 is 15.2 Å². The van der Waals surface area contributed by atoms with Gasteiger partial charge in [0.15, 0.2) is 0 Å². The van der Waals surface area contributed by atoms with Crippen molar-refractivity contribution in [3.05, 3.63) is 22.8 Å². The minimum atomic E-state index is -0.0326. The summed E-state index contributed by atoms with van der Waals surface area (Å²) in [6.07, 6.45) is 3.31. The predicted molar refractivity (Wildman–Crippen MR) is 64.2 cm³/mol. The van der Waals surface area contributed by atoms with Gasteiger partial charge in [0.25, 0.3) is 0 Å². The van der Waals surface area contributed by atoms with Crippen LogP contribution in [-0.2, 0) is 12.8 Å². The number of rotatable bonds is 3. The second-order valence-corrected chi connectivity index (χ2v) is 4.30. The number of hydrogen-bond donors (Lipinski definition) is 1. The van der Waals surface area contributed by atoms with Crippen LogP contribution in [0.4, 0.5) is 0 Å². The highest BCUT2D eigenvalue weighted by molar-refractivity contribution is 5.56. The van der Waals surface area contributed by atoms with Crippen molar-refractivity contribution >= 4 is 0 Å². The number of fused-ring (bicyclic) bond motifs is 1. The lowest BCUT2D eigenvalue weighted by Crippen LogP contribution is -2.09. The Bertz CT molecular complexity index is 399. The first kappa shape index (κ1) is 11.3. The summed E-state index contributed by atoms with van der Waals surface area (Å²) in [6.45, 7) is 1.97. The molecule has 1 unspecified atom stereocenters. The van der Waals surface area contributed by atoms with Crippen LogP contribution in [0, 0.1) is 0 Å². The second-order valence-electron chi connectivity index (χ2n) is 4.30. The molecule has 3 nitrogen and oxygen atoms in total. The highest BCUT2D eigenvalue weighted by Crippen LogP contribution is 2.41. The molecule has 0 saturated heterocycles. The highest BCUT2D eigenvalue weighted by Gasteiger charge is 2.24. The average Bonchev–Trinajstić information content (AvgIpc) is 2.75. The Morgan fingerprint density at radius 2 is 1.88 bits per heavy atom. The first-order valence-corrected chi connectivity index (χ1v) is 5.71. The van der Waals surface area contributed by atoms with Gasteiger partial charge in [-0.3, -0.25) is 0 Å². The molecule has 2 rings (SSSR count). The van der Waals surface area contributed by atoms with E-state index in [2.05, 4.69) is 0 Å². The fraction of sp³-hybridized carbons (Fsp3) is 0.538. The van der Waals surface area contributed by atoms with E-state index in [1.54, 1.807) is 14.2 Å². The lowest BCUT2D eigenvalue weighted by molar-refractivity contribution is 0.391. The average molecular weight is 221 g/mol. The Hall–Kier alpha value is -1.22. The third kappa shape index (κ3) is 1.65. The van der Waals surface area contributed by atoms with E-state index in [9.17, 15) is 0 Å². The zero-order valence-electron chi connectivity index (χ0n) is 10.2. The summed E-state index contributed by atoms with van der Waals surface area (Å²) < 4.78 is 10.9. The smallest absolute Gasteiger partial charge is 0.127 e. The van der Waals surface area contributed by atoms with Gasteiger partial charge in [-0.2, -0.15) is 0 Å². The Labute approximate surface area is 96.5 Å². The summed E-state index contributed by atoms with van der Waals surface area (Å²) in [5.74, 6) is 1.92. The van der Waals surface area contributed by atoms with E-state index in [4.69, 9.17) is 15.2 Å². The van der Waals surface area contributed by atoms with Crippen LogP contribution in [0.1, 0.15) is 36.1 Å². The number of ether oxygens (including phenoxy) is 2. The fourth-order valence-corrected chi connectivity index (χ4v) is 2.50. The fourth-order valence-electron chi connectivity index (χ4n) is 2.50. The lowest BCUT2D eigenvalue weighted by Gasteiger charge is -2.18. The molecule has 0 radical (unpaired) electrons. The predicted octanol–water partition coefficient (Wildman–Crippen LogP) is 2.21. The summed E-state index contributed by atoms with van der Waals surface area (Å²) >= 11 is 0. The molecule has 0 saturated carbocycles. The van der Waals surface area contributed by atoms with Gasteiger partial charge in [-0.15, -0.1) is 0 Å². The number of hydrogen-bond acceptors (Lipinski definition) is 3. The van der Waals surface area contributed by atoms with E-state index >= 15 is 0 Å². The van der Waals surface area contributed by atoms with Crippen LogP contribution >= 0.6 is 0 Å². The van der Waals surface area contributed by atoms with Crippen LogP contribution in [0.25, 0.3) is 0 Å². The molecule has 0 aromatic heterocycles. The van der Waals surface area contributed by atoms with Crippen molar-refractivity contribution in [1.29, 1.82) is 0 Å². The first-order valence-electron chi connectivity index (χ1n) is 5.71. The van der Waals surface area contributed by atoms with Gasteiger partial charge in [0.05, 0.1) is 14.2 Å². The number of benzene rings is 1. The van der Waals surface area contributed by atoms with Crippen LogP contribution in [-0.4, -0.2) is 14.2 Å². The minimum absolute atomic E-state index is 0.0326. The summed E-state index contributed by atoms with van der Waals surface area (Å²) in [5.41, 5.74) is 9.60. The van der Waals surface area contributed by atoms with Crippen LogP contribution in [0.2, 0.25) is 0 Å². The minimum Gasteiger partial charge on any atom is -0.496 e. The van der Waals surface area contributed by atoms with Gasteiger partial charge >= 0.3 is 0 Å². The Balaban J connectivity index is 2.63. The van der Waals surface area contributed by atoms with Crippen molar-refractivity contribution in [2.24, 2.45) is 5.73 Å². The zero-order valence-corrected chi connectivity index (χ0v) is 10.2. The molecule has 0 heterocycles.